The molecule has 0 aliphatic carbocycles. The molecule has 0 spiro atoms. The lowest BCUT2D eigenvalue weighted by molar-refractivity contribution is -0.216. The van der Waals surface area contributed by atoms with E-state index in [-0.39, 0.29) is 5.69 Å². The second kappa shape index (κ2) is 5.50. The highest BCUT2D eigenvalue weighted by Crippen LogP contribution is 2.14. The molecule has 84 valence electrons. The fraction of sp³-hybridized carbons (Fsp3) is 0.600. The van der Waals surface area contributed by atoms with E-state index in [9.17, 15) is 4.79 Å². The van der Waals surface area contributed by atoms with Gasteiger partial charge in [0.05, 0.1) is 13.2 Å². The molecule has 0 aliphatic heterocycles. The zero-order chi connectivity index (χ0) is 11.3. The van der Waals surface area contributed by atoms with E-state index >= 15 is 0 Å². The predicted octanol–water partition coefficient (Wildman–Crippen LogP) is 1.96. The van der Waals surface area contributed by atoms with Crippen LogP contribution < -0.4 is 0 Å². The predicted molar refractivity (Wildman–Crippen MR) is 54.3 cm³/mol. The molecule has 0 atom stereocenters. The Labute approximate surface area is 88.9 Å². The summed E-state index contributed by atoms with van der Waals surface area (Å²) in [6.07, 6.45) is 3.75. The van der Waals surface area contributed by atoms with E-state index in [2.05, 4.69) is 28.7 Å². The molecular weight excluding hydrogens is 196 g/mol. The van der Waals surface area contributed by atoms with Crippen LogP contribution in [0.5, 0.6) is 0 Å². The van der Waals surface area contributed by atoms with Crippen molar-refractivity contribution in [2.24, 2.45) is 0 Å². The third kappa shape index (κ3) is 2.79. The minimum Gasteiger partial charge on any atom is -0.291 e. The molecule has 0 fully saturated rings. The summed E-state index contributed by atoms with van der Waals surface area (Å²) in [5.41, 5.74) is 0.267. The first kappa shape index (κ1) is 11.7. The van der Waals surface area contributed by atoms with Crippen LogP contribution in [-0.2, 0) is 9.78 Å². The Bertz CT molecular complexity index is 318. The Morgan fingerprint density at radius 2 is 2.20 bits per heavy atom. The van der Waals surface area contributed by atoms with E-state index in [1.165, 1.54) is 7.11 Å². The first-order valence-electron chi connectivity index (χ1n) is 5.03. The molecule has 1 aromatic heterocycles. The number of hydrogen-bond donors (Lipinski definition) is 0. The van der Waals surface area contributed by atoms with Gasteiger partial charge in [0, 0.05) is 6.20 Å². The molecule has 0 aliphatic rings. The molecule has 5 nitrogen and oxygen atoms in total. The maximum Gasteiger partial charge on any atom is 0.393 e. The van der Waals surface area contributed by atoms with Crippen LogP contribution in [0.3, 0.4) is 0 Å². The van der Waals surface area contributed by atoms with Gasteiger partial charge in [-0.1, -0.05) is 13.8 Å². The molecule has 1 aromatic rings. The molecule has 5 heteroatoms. The molecule has 15 heavy (non-hydrogen) atoms. The second-order valence-corrected chi connectivity index (χ2v) is 3.19. The summed E-state index contributed by atoms with van der Waals surface area (Å²) in [5, 5.41) is 4.13. The lowest BCUT2D eigenvalue weighted by Gasteiger charge is -2.12. The standard InChI is InChI=1S/C10H16N2O3/c1-4-8(5-2)12-7-6-9(11-12)10(13)15-14-3/h6-8H,4-5H2,1-3H3. The molecule has 0 aromatic carbocycles. The smallest absolute Gasteiger partial charge is 0.291 e. The van der Waals surface area contributed by atoms with Crippen molar-refractivity contribution in [3.8, 4) is 0 Å². The van der Waals surface area contributed by atoms with Gasteiger partial charge >= 0.3 is 5.97 Å². The molecule has 0 unspecified atom stereocenters. The number of hydrogen-bond acceptors (Lipinski definition) is 4. The first-order chi connectivity index (χ1) is 7.22. The molecule has 0 amide bonds. The van der Waals surface area contributed by atoms with Crippen LogP contribution in [-0.4, -0.2) is 22.9 Å². The second-order valence-electron chi connectivity index (χ2n) is 3.19. The molecule has 0 saturated carbocycles. The van der Waals surface area contributed by atoms with Gasteiger partial charge in [-0.05, 0) is 18.9 Å². The molecule has 1 heterocycles. The van der Waals surface area contributed by atoms with Gasteiger partial charge in [0.1, 0.15) is 0 Å². The van der Waals surface area contributed by atoms with E-state index in [0.29, 0.717) is 6.04 Å². The van der Waals surface area contributed by atoms with Gasteiger partial charge in [-0.2, -0.15) is 9.99 Å². The van der Waals surface area contributed by atoms with Gasteiger partial charge in [-0.3, -0.25) is 9.57 Å². The monoisotopic (exact) mass is 212 g/mol. The van der Waals surface area contributed by atoms with Crippen LogP contribution in [0.4, 0.5) is 0 Å². The zero-order valence-electron chi connectivity index (χ0n) is 9.27. The average molecular weight is 212 g/mol. The van der Waals surface area contributed by atoms with Crippen LogP contribution in [0.25, 0.3) is 0 Å². The third-order valence-corrected chi connectivity index (χ3v) is 2.29. The van der Waals surface area contributed by atoms with Crippen molar-refractivity contribution in [3.05, 3.63) is 18.0 Å². The SMILES string of the molecule is CCC(CC)n1ccc(C(=O)OOC)n1. The van der Waals surface area contributed by atoms with Crippen molar-refractivity contribution < 1.29 is 14.6 Å². The Hall–Kier alpha value is -1.36. The summed E-state index contributed by atoms with van der Waals surface area (Å²) in [7, 11) is 1.29. The van der Waals surface area contributed by atoms with Crippen LogP contribution in [0, 0.1) is 0 Å². The quantitative estimate of drug-likeness (QED) is 0.553. The molecule has 0 N–H and O–H groups in total. The lowest BCUT2D eigenvalue weighted by atomic mass is 10.2. The van der Waals surface area contributed by atoms with Gasteiger partial charge in [-0.25, -0.2) is 4.79 Å². The lowest BCUT2D eigenvalue weighted by Crippen LogP contribution is -2.10. The summed E-state index contributed by atoms with van der Waals surface area (Å²) in [4.78, 5) is 19.9. The van der Waals surface area contributed by atoms with Crippen LogP contribution in [0.15, 0.2) is 12.3 Å². The fourth-order valence-electron chi connectivity index (χ4n) is 1.43. The highest BCUT2D eigenvalue weighted by molar-refractivity contribution is 5.86. The molecule has 0 saturated heterocycles. The number of aromatic nitrogens is 2. The number of carbonyl (C=O) groups is 1. The van der Waals surface area contributed by atoms with Crippen molar-refractivity contribution in [1.29, 1.82) is 0 Å². The Morgan fingerprint density at radius 3 is 2.73 bits per heavy atom. The highest BCUT2D eigenvalue weighted by Gasteiger charge is 2.14. The van der Waals surface area contributed by atoms with Crippen molar-refractivity contribution in [2.75, 3.05) is 7.11 Å². The number of carbonyl (C=O) groups excluding carboxylic acids is 1. The van der Waals surface area contributed by atoms with E-state index in [1.807, 2.05) is 0 Å². The van der Waals surface area contributed by atoms with Crippen LogP contribution >= 0.6 is 0 Å². The number of nitrogens with zero attached hydrogens (tertiary/aromatic N) is 2. The van der Waals surface area contributed by atoms with Gasteiger partial charge in [0.25, 0.3) is 0 Å². The normalized spacial score (nSPS) is 10.7. The molecular formula is C10H16N2O3. The maximum absolute atomic E-state index is 11.2. The minimum atomic E-state index is -0.567. The first-order valence-corrected chi connectivity index (χ1v) is 5.03. The van der Waals surface area contributed by atoms with Crippen molar-refractivity contribution in [3.63, 3.8) is 0 Å². The van der Waals surface area contributed by atoms with E-state index in [0.717, 1.165) is 12.8 Å². The molecule has 1 rings (SSSR count). The summed E-state index contributed by atoms with van der Waals surface area (Å²) in [5.74, 6) is -0.567. The Balaban J connectivity index is 2.75. The van der Waals surface area contributed by atoms with Gasteiger partial charge in [0.15, 0.2) is 5.69 Å². The largest absolute Gasteiger partial charge is 0.393 e. The fourth-order valence-corrected chi connectivity index (χ4v) is 1.43. The Kier molecular flexibility index (Phi) is 4.30. The minimum absolute atomic E-state index is 0.267. The van der Waals surface area contributed by atoms with Crippen molar-refractivity contribution >= 4 is 5.97 Å². The zero-order valence-corrected chi connectivity index (χ0v) is 9.27. The van der Waals surface area contributed by atoms with E-state index in [4.69, 9.17) is 0 Å². The van der Waals surface area contributed by atoms with Crippen molar-refractivity contribution in [2.45, 2.75) is 32.7 Å². The molecule has 0 radical (unpaired) electrons. The van der Waals surface area contributed by atoms with Gasteiger partial charge in [0.2, 0.25) is 0 Å². The topological polar surface area (TPSA) is 53.4 Å². The highest BCUT2D eigenvalue weighted by atomic mass is 17.2. The Morgan fingerprint density at radius 1 is 1.53 bits per heavy atom. The molecule has 0 bridgehead atoms. The maximum atomic E-state index is 11.2. The van der Waals surface area contributed by atoms with E-state index < -0.39 is 5.97 Å². The van der Waals surface area contributed by atoms with Crippen LogP contribution in [0.2, 0.25) is 0 Å². The third-order valence-electron chi connectivity index (χ3n) is 2.29. The number of rotatable bonds is 5. The van der Waals surface area contributed by atoms with Crippen molar-refractivity contribution in [1.82, 2.24) is 9.78 Å². The average Bonchev–Trinajstić information content (AvgIpc) is 2.69. The van der Waals surface area contributed by atoms with Gasteiger partial charge in [-0.15, -0.1) is 0 Å². The van der Waals surface area contributed by atoms with Gasteiger partial charge < -0.3 is 0 Å². The summed E-state index contributed by atoms with van der Waals surface area (Å²) >= 11 is 0. The van der Waals surface area contributed by atoms with E-state index in [1.54, 1.807) is 16.9 Å². The summed E-state index contributed by atoms with van der Waals surface area (Å²) < 4.78 is 1.78. The van der Waals surface area contributed by atoms with Crippen LogP contribution in [0.1, 0.15) is 43.2 Å². The summed E-state index contributed by atoms with van der Waals surface area (Å²) in [6.45, 7) is 4.17. The summed E-state index contributed by atoms with van der Waals surface area (Å²) in [6, 6.07) is 1.95.